The van der Waals surface area contributed by atoms with Crippen LogP contribution in [0.15, 0.2) is 41.4 Å². The van der Waals surface area contributed by atoms with Gasteiger partial charge in [0.1, 0.15) is 22.0 Å². The van der Waals surface area contributed by atoms with Crippen molar-refractivity contribution >= 4 is 39.7 Å². The van der Waals surface area contributed by atoms with E-state index in [0.29, 0.717) is 11.1 Å². The molecule has 130 valence electrons. The molecule has 1 fully saturated rings. The van der Waals surface area contributed by atoms with Crippen molar-refractivity contribution in [1.82, 2.24) is 18.9 Å². The zero-order valence-electron chi connectivity index (χ0n) is 13.9. The lowest BCUT2D eigenvalue weighted by Gasteiger charge is -2.11. The van der Waals surface area contributed by atoms with E-state index in [1.54, 1.807) is 29.0 Å². The van der Waals surface area contributed by atoms with Gasteiger partial charge in [-0.1, -0.05) is 11.6 Å². The molecule has 1 atom stereocenters. The maximum Gasteiger partial charge on any atom is 0.162 e. The van der Waals surface area contributed by atoms with Gasteiger partial charge >= 0.3 is 0 Å². The molecule has 0 saturated heterocycles. The summed E-state index contributed by atoms with van der Waals surface area (Å²) in [5, 5.41) is 8.22. The van der Waals surface area contributed by atoms with Gasteiger partial charge in [0.05, 0.1) is 11.1 Å². The maximum absolute atomic E-state index is 12.1. The minimum Gasteiger partial charge on any atom is -0.340 e. The van der Waals surface area contributed by atoms with Gasteiger partial charge < -0.3 is 5.32 Å². The van der Waals surface area contributed by atoms with Crippen molar-refractivity contribution in [3.8, 4) is 0 Å². The zero-order chi connectivity index (χ0) is 17.6. The molecule has 2 heterocycles. The van der Waals surface area contributed by atoms with Gasteiger partial charge in [-0.05, 0) is 57.1 Å². The van der Waals surface area contributed by atoms with Crippen LogP contribution in [0.3, 0.4) is 0 Å². The van der Waals surface area contributed by atoms with E-state index in [0.717, 1.165) is 27.6 Å². The fourth-order valence-corrected chi connectivity index (χ4v) is 3.71. The summed E-state index contributed by atoms with van der Waals surface area (Å²) < 4.78 is 15.5. The number of rotatable bonds is 5. The SMILES string of the molecule is CN(C)S(=O)c1ccc(Nc2cc(Cl)nc3c(C4CC4)cnn23)cc1. The van der Waals surface area contributed by atoms with Crippen molar-refractivity contribution in [2.75, 3.05) is 19.4 Å². The van der Waals surface area contributed by atoms with Crippen LogP contribution < -0.4 is 5.32 Å². The van der Waals surface area contributed by atoms with Crippen LogP contribution in [0.1, 0.15) is 24.3 Å². The normalized spacial score (nSPS) is 15.7. The van der Waals surface area contributed by atoms with Crippen molar-refractivity contribution in [3.05, 3.63) is 47.2 Å². The summed E-state index contributed by atoms with van der Waals surface area (Å²) in [5.41, 5.74) is 2.83. The average molecular weight is 376 g/mol. The second kappa shape index (κ2) is 6.40. The highest BCUT2D eigenvalue weighted by Gasteiger charge is 2.28. The predicted molar refractivity (Wildman–Crippen MR) is 99.8 cm³/mol. The molecule has 0 radical (unpaired) electrons. The highest BCUT2D eigenvalue weighted by Crippen LogP contribution is 2.42. The van der Waals surface area contributed by atoms with Crippen LogP contribution in [0, 0.1) is 0 Å². The third-order valence-corrected chi connectivity index (χ3v) is 5.68. The molecule has 1 N–H and O–H groups in total. The van der Waals surface area contributed by atoms with Gasteiger partial charge in [0, 0.05) is 17.3 Å². The molecule has 1 unspecified atom stereocenters. The molecule has 1 aromatic carbocycles. The first kappa shape index (κ1) is 16.5. The zero-order valence-corrected chi connectivity index (χ0v) is 15.5. The van der Waals surface area contributed by atoms with Crippen LogP contribution in [-0.2, 0) is 11.0 Å². The Labute approximate surface area is 153 Å². The quantitative estimate of drug-likeness (QED) is 0.692. The first-order valence-corrected chi connectivity index (χ1v) is 9.52. The average Bonchev–Trinajstić information content (AvgIpc) is 3.34. The largest absolute Gasteiger partial charge is 0.340 e. The van der Waals surface area contributed by atoms with Crippen molar-refractivity contribution in [3.63, 3.8) is 0 Å². The second-order valence-electron chi connectivity index (χ2n) is 6.28. The van der Waals surface area contributed by atoms with E-state index in [4.69, 9.17) is 11.6 Å². The lowest BCUT2D eigenvalue weighted by Crippen LogP contribution is -2.15. The second-order valence-corrected chi connectivity index (χ2v) is 8.37. The number of fused-ring (bicyclic) bond motifs is 1. The van der Waals surface area contributed by atoms with Gasteiger partial charge in [0.15, 0.2) is 5.65 Å². The van der Waals surface area contributed by atoms with E-state index >= 15 is 0 Å². The van der Waals surface area contributed by atoms with Crippen LogP contribution in [0.5, 0.6) is 0 Å². The third kappa shape index (κ3) is 3.27. The molecule has 0 bridgehead atoms. The van der Waals surface area contributed by atoms with E-state index in [1.807, 2.05) is 30.5 Å². The predicted octanol–water partition coefficient (Wildman–Crippen LogP) is 3.59. The summed E-state index contributed by atoms with van der Waals surface area (Å²) in [6.07, 6.45) is 4.25. The number of hydrogen-bond acceptors (Lipinski definition) is 4. The molecule has 0 amide bonds. The van der Waals surface area contributed by atoms with Gasteiger partial charge in [0.2, 0.25) is 0 Å². The fraction of sp³-hybridized carbons (Fsp3) is 0.294. The summed E-state index contributed by atoms with van der Waals surface area (Å²) in [6, 6.07) is 9.23. The Morgan fingerprint density at radius 2 is 2.00 bits per heavy atom. The molecule has 4 rings (SSSR count). The van der Waals surface area contributed by atoms with Gasteiger partial charge in [-0.3, -0.25) is 0 Å². The lowest BCUT2D eigenvalue weighted by molar-refractivity contribution is 0.603. The highest BCUT2D eigenvalue weighted by atomic mass is 35.5. The lowest BCUT2D eigenvalue weighted by atomic mass is 10.2. The molecule has 8 heteroatoms. The molecule has 1 aliphatic rings. The molecule has 1 aliphatic carbocycles. The molecular formula is C17H18ClN5OS. The summed E-state index contributed by atoms with van der Waals surface area (Å²) in [5.74, 6) is 1.31. The van der Waals surface area contributed by atoms with Crippen LogP contribution in [0.2, 0.25) is 5.15 Å². The van der Waals surface area contributed by atoms with E-state index < -0.39 is 11.0 Å². The molecule has 0 aliphatic heterocycles. The first-order valence-electron chi connectivity index (χ1n) is 8.03. The van der Waals surface area contributed by atoms with Gasteiger partial charge in [0.25, 0.3) is 0 Å². The highest BCUT2D eigenvalue weighted by molar-refractivity contribution is 7.82. The summed E-state index contributed by atoms with van der Waals surface area (Å²) in [6.45, 7) is 0. The summed E-state index contributed by atoms with van der Waals surface area (Å²) in [7, 11) is 2.42. The number of benzene rings is 1. The van der Waals surface area contributed by atoms with Crippen molar-refractivity contribution in [2.45, 2.75) is 23.7 Å². The van der Waals surface area contributed by atoms with E-state index in [-0.39, 0.29) is 0 Å². The molecule has 1 saturated carbocycles. The fourth-order valence-electron chi connectivity index (χ4n) is 2.73. The van der Waals surface area contributed by atoms with Gasteiger partial charge in [-0.15, -0.1) is 0 Å². The Morgan fingerprint density at radius 1 is 1.28 bits per heavy atom. The Balaban J connectivity index is 1.65. The number of hydrogen-bond donors (Lipinski definition) is 1. The van der Waals surface area contributed by atoms with Gasteiger partial charge in [-0.25, -0.2) is 13.5 Å². The van der Waals surface area contributed by atoms with E-state index in [2.05, 4.69) is 15.4 Å². The number of nitrogens with zero attached hydrogens (tertiary/aromatic N) is 4. The molecule has 3 aromatic rings. The Morgan fingerprint density at radius 3 is 2.64 bits per heavy atom. The third-order valence-electron chi connectivity index (χ3n) is 4.15. The monoisotopic (exact) mass is 375 g/mol. The minimum atomic E-state index is -1.15. The number of aromatic nitrogens is 3. The van der Waals surface area contributed by atoms with E-state index in [9.17, 15) is 4.21 Å². The first-order chi connectivity index (χ1) is 12.0. The summed E-state index contributed by atoms with van der Waals surface area (Å²) >= 11 is 6.21. The molecule has 2 aromatic heterocycles. The standard InChI is InChI=1S/C17H18ClN5OS/c1-22(2)25(24)13-7-5-12(6-8-13)20-16-9-15(18)21-17-14(11-3-4-11)10-19-23(16)17/h5-11,20H,3-4H2,1-2H3. The Kier molecular flexibility index (Phi) is 4.23. The van der Waals surface area contributed by atoms with Crippen molar-refractivity contribution in [1.29, 1.82) is 0 Å². The Bertz CT molecular complexity index is 950. The smallest absolute Gasteiger partial charge is 0.162 e. The van der Waals surface area contributed by atoms with Crippen LogP contribution in [0.25, 0.3) is 5.65 Å². The summed E-state index contributed by atoms with van der Waals surface area (Å²) in [4.78, 5) is 5.19. The molecule has 6 nitrogen and oxygen atoms in total. The molecular weight excluding hydrogens is 358 g/mol. The number of halogens is 1. The van der Waals surface area contributed by atoms with Crippen LogP contribution in [-0.4, -0.2) is 37.2 Å². The van der Waals surface area contributed by atoms with Crippen LogP contribution in [0.4, 0.5) is 11.5 Å². The van der Waals surface area contributed by atoms with Gasteiger partial charge in [-0.2, -0.15) is 9.61 Å². The van der Waals surface area contributed by atoms with E-state index in [1.165, 1.54) is 12.8 Å². The molecule has 25 heavy (non-hydrogen) atoms. The topological polar surface area (TPSA) is 62.5 Å². The van der Waals surface area contributed by atoms with Crippen molar-refractivity contribution in [2.24, 2.45) is 0 Å². The van der Waals surface area contributed by atoms with Crippen molar-refractivity contribution < 1.29 is 4.21 Å². The maximum atomic E-state index is 12.1. The molecule has 0 spiro atoms. The Hall–Kier alpha value is -1.96. The number of nitrogens with one attached hydrogen (secondary N) is 1. The van der Waals surface area contributed by atoms with Crippen LogP contribution >= 0.6 is 11.6 Å². The minimum absolute atomic E-state index is 0.433. The number of anilines is 2.